The molecule has 1 aromatic carbocycles. The first-order chi connectivity index (χ1) is 9.17. The molecule has 0 aliphatic rings. The summed E-state index contributed by atoms with van der Waals surface area (Å²) >= 11 is 0. The molecule has 0 radical (unpaired) electrons. The highest BCUT2D eigenvalue weighted by molar-refractivity contribution is 5.26. The highest BCUT2D eigenvalue weighted by Gasteiger charge is 2.00. The van der Waals surface area contributed by atoms with E-state index in [1.165, 1.54) is 16.7 Å². The first kappa shape index (κ1) is 15.3. The molecule has 1 aromatic rings. The van der Waals surface area contributed by atoms with Crippen molar-refractivity contribution in [3.63, 3.8) is 0 Å². The maximum absolute atomic E-state index is 5.94. The summed E-state index contributed by atoms with van der Waals surface area (Å²) in [6.07, 6.45) is 7.26. The van der Waals surface area contributed by atoms with Crippen molar-refractivity contribution in [1.82, 2.24) is 0 Å². The normalized spacial score (nSPS) is 13.6. The molecular formula is C18H24O. The molecule has 0 bridgehead atoms. The topological polar surface area (TPSA) is 9.23 Å². The van der Waals surface area contributed by atoms with Crippen LogP contribution in [0.15, 0.2) is 65.5 Å². The van der Waals surface area contributed by atoms with Crippen LogP contribution >= 0.6 is 0 Å². The van der Waals surface area contributed by atoms with E-state index in [-0.39, 0.29) is 0 Å². The van der Waals surface area contributed by atoms with Crippen LogP contribution in [0.1, 0.15) is 39.7 Å². The molecule has 102 valence electrons. The van der Waals surface area contributed by atoms with Crippen LogP contribution in [0.4, 0.5) is 0 Å². The predicted octanol–water partition coefficient (Wildman–Crippen LogP) is 5.41. The summed E-state index contributed by atoms with van der Waals surface area (Å²) in [5, 5.41) is 0. The van der Waals surface area contributed by atoms with Crippen LogP contribution in [-0.2, 0) is 11.3 Å². The molecular weight excluding hydrogens is 232 g/mol. The number of ether oxygens (including phenoxy) is 1. The fourth-order valence-corrected chi connectivity index (χ4v) is 1.53. The molecule has 0 unspecified atom stereocenters. The Morgan fingerprint density at radius 1 is 1.11 bits per heavy atom. The molecule has 0 amide bonds. The quantitative estimate of drug-likeness (QED) is 0.488. The molecule has 0 aromatic heterocycles. The monoisotopic (exact) mass is 256 g/mol. The molecule has 0 saturated carbocycles. The average Bonchev–Trinajstić information content (AvgIpc) is 2.47. The second-order valence-electron chi connectivity index (χ2n) is 4.64. The fourth-order valence-electron chi connectivity index (χ4n) is 1.53. The minimum absolute atomic E-state index is 0.618. The molecule has 0 saturated heterocycles. The lowest BCUT2D eigenvalue weighted by Crippen LogP contribution is -1.94. The Bertz CT molecular complexity index is 464. The van der Waals surface area contributed by atoms with Gasteiger partial charge in [-0.2, -0.15) is 0 Å². The second-order valence-corrected chi connectivity index (χ2v) is 4.64. The van der Waals surface area contributed by atoms with E-state index in [0.717, 1.165) is 12.2 Å². The van der Waals surface area contributed by atoms with Crippen molar-refractivity contribution in [3.05, 3.63) is 71.0 Å². The third-order valence-electron chi connectivity index (χ3n) is 3.14. The summed E-state index contributed by atoms with van der Waals surface area (Å²) in [7, 11) is 0. The summed E-state index contributed by atoms with van der Waals surface area (Å²) in [6.45, 7) is 9.02. The maximum atomic E-state index is 5.94. The third-order valence-corrected chi connectivity index (χ3v) is 3.14. The van der Waals surface area contributed by atoms with Crippen LogP contribution in [0.2, 0.25) is 0 Å². The predicted molar refractivity (Wildman–Crippen MR) is 82.8 cm³/mol. The van der Waals surface area contributed by atoms with Gasteiger partial charge in [-0.05, 0) is 44.4 Å². The Labute approximate surface area is 117 Å². The van der Waals surface area contributed by atoms with Crippen molar-refractivity contribution in [2.75, 3.05) is 0 Å². The Hall–Kier alpha value is -1.76. The molecule has 19 heavy (non-hydrogen) atoms. The first-order valence-corrected chi connectivity index (χ1v) is 6.84. The summed E-state index contributed by atoms with van der Waals surface area (Å²) in [5.41, 5.74) is 3.71. The fraction of sp³-hybridized carbons (Fsp3) is 0.333. The zero-order chi connectivity index (χ0) is 14.1. The van der Waals surface area contributed by atoms with Gasteiger partial charge in [0.1, 0.15) is 12.4 Å². The summed E-state index contributed by atoms with van der Waals surface area (Å²) in [4.78, 5) is 0. The van der Waals surface area contributed by atoms with Gasteiger partial charge in [0.2, 0.25) is 0 Å². The number of rotatable bonds is 6. The lowest BCUT2D eigenvalue weighted by molar-refractivity contribution is 0.207. The van der Waals surface area contributed by atoms with Gasteiger partial charge in [-0.15, -0.1) is 0 Å². The smallest absolute Gasteiger partial charge is 0.118 e. The first-order valence-electron chi connectivity index (χ1n) is 6.84. The maximum Gasteiger partial charge on any atom is 0.118 e. The van der Waals surface area contributed by atoms with Crippen LogP contribution in [0.25, 0.3) is 0 Å². The van der Waals surface area contributed by atoms with Gasteiger partial charge in [0.25, 0.3) is 0 Å². The van der Waals surface area contributed by atoms with Gasteiger partial charge in [-0.3, -0.25) is 0 Å². The molecule has 1 heteroatoms. The van der Waals surface area contributed by atoms with E-state index >= 15 is 0 Å². The molecule has 1 rings (SSSR count). The Kier molecular flexibility index (Phi) is 6.73. The van der Waals surface area contributed by atoms with Crippen molar-refractivity contribution in [2.24, 2.45) is 0 Å². The highest BCUT2D eigenvalue weighted by atomic mass is 16.5. The van der Waals surface area contributed by atoms with Crippen LogP contribution in [0.3, 0.4) is 0 Å². The molecule has 0 heterocycles. The van der Waals surface area contributed by atoms with Gasteiger partial charge in [-0.25, -0.2) is 0 Å². The van der Waals surface area contributed by atoms with E-state index in [1.54, 1.807) is 0 Å². The molecule has 0 atom stereocenters. The Morgan fingerprint density at radius 3 is 2.37 bits per heavy atom. The van der Waals surface area contributed by atoms with Crippen molar-refractivity contribution < 1.29 is 4.74 Å². The third kappa shape index (κ3) is 5.60. The standard InChI is InChI=1S/C18H24O/c1-5-15(3)12-13-18(16(4)6-2)19-14-17-10-8-7-9-11-17/h5,7-13H,6,14H2,1-4H3/b13-12-,15-5-,18-16?. The van der Waals surface area contributed by atoms with E-state index in [4.69, 9.17) is 4.74 Å². The summed E-state index contributed by atoms with van der Waals surface area (Å²) in [5.74, 6) is 0.979. The van der Waals surface area contributed by atoms with Gasteiger partial charge in [0.15, 0.2) is 0 Å². The molecule has 1 nitrogen and oxygen atoms in total. The Morgan fingerprint density at radius 2 is 1.79 bits per heavy atom. The van der Waals surface area contributed by atoms with Crippen molar-refractivity contribution in [1.29, 1.82) is 0 Å². The number of allylic oxidation sites excluding steroid dienone is 5. The second kappa shape index (κ2) is 8.36. The van der Waals surface area contributed by atoms with Gasteiger partial charge in [0.05, 0.1) is 0 Å². The Balaban J connectivity index is 2.75. The van der Waals surface area contributed by atoms with Gasteiger partial charge in [-0.1, -0.05) is 55.0 Å². The van der Waals surface area contributed by atoms with E-state index in [9.17, 15) is 0 Å². The van der Waals surface area contributed by atoms with E-state index in [2.05, 4.69) is 51.1 Å². The minimum atomic E-state index is 0.618. The highest BCUT2D eigenvalue weighted by Crippen LogP contribution is 2.15. The van der Waals surface area contributed by atoms with E-state index in [1.807, 2.05) is 25.1 Å². The zero-order valence-electron chi connectivity index (χ0n) is 12.4. The lowest BCUT2D eigenvalue weighted by Gasteiger charge is -2.10. The molecule has 0 aliphatic carbocycles. The number of hydrogen-bond acceptors (Lipinski definition) is 1. The van der Waals surface area contributed by atoms with Crippen molar-refractivity contribution in [2.45, 2.75) is 40.7 Å². The van der Waals surface area contributed by atoms with Gasteiger partial charge < -0.3 is 4.74 Å². The molecule has 0 N–H and O–H groups in total. The minimum Gasteiger partial charge on any atom is -0.489 e. The zero-order valence-corrected chi connectivity index (χ0v) is 12.4. The SMILES string of the molecule is C/C=C(C)\C=C/C(OCc1ccccc1)=C(C)CC. The molecule has 0 aliphatic heterocycles. The van der Waals surface area contributed by atoms with Crippen LogP contribution in [-0.4, -0.2) is 0 Å². The van der Waals surface area contributed by atoms with Crippen LogP contribution < -0.4 is 0 Å². The van der Waals surface area contributed by atoms with Crippen molar-refractivity contribution >= 4 is 0 Å². The molecule has 0 spiro atoms. The van der Waals surface area contributed by atoms with Crippen molar-refractivity contribution in [3.8, 4) is 0 Å². The van der Waals surface area contributed by atoms with E-state index in [0.29, 0.717) is 6.61 Å². The number of hydrogen-bond donors (Lipinski definition) is 0. The van der Waals surface area contributed by atoms with E-state index < -0.39 is 0 Å². The van der Waals surface area contributed by atoms with Crippen LogP contribution in [0.5, 0.6) is 0 Å². The van der Waals surface area contributed by atoms with Gasteiger partial charge >= 0.3 is 0 Å². The summed E-state index contributed by atoms with van der Waals surface area (Å²) in [6, 6.07) is 10.3. The van der Waals surface area contributed by atoms with Gasteiger partial charge in [0, 0.05) is 0 Å². The number of benzene rings is 1. The van der Waals surface area contributed by atoms with Crippen LogP contribution in [0, 0.1) is 0 Å². The molecule has 0 fully saturated rings. The summed E-state index contributed by atoms with van der Waals surface area (Å²) < 4.78 is 5.94. The largest absolute Gasteiger partial charge is 0.489 e. The lowest BCUT2D eigenvalue weighted by atomic mass is 10.1. The average molecular weight is 256 g/mol.